The Morgan fingerprint density at radius 1 is 1.15 bits per heavy atom. The fourth-order valence-corrected chi connectivity index (χ4v) is 2.46. The highest BCUT2D eigenvalue weighted by molar-refractivity contribution is 6.30. The highest BCUT2D eigenvalue weighted by Crippen LogP contribution is 2.26. The van der Waals surface area contributed by atoms with E-state index < -0.39 is 0 Å². The summed E-state index contributed by atoms with van der Waals surface area (Å²) in [5, 5.41) is 10.2. The minimum atomic E-state index is -0.233. The molecular formula is C21H17ClO5. The van der Waals surface area contributed by atoms with Crippen LogP contribution in [-0.2, 0) is 6.61 Å². The lowest BCUT2D eigenvalue weighted by Crippen LogP contribution is -1.95. The number of allylic oxidation sites excluding steroid dienone is 1. The maximum absolute atomic E-state index is 12.2. The van der Waals surface area contributed by atoms with E-state index in [1.807, 2.05) is 0 Å². The molecule has 0 saturated carbocycles. The number of aromatic hydroxyl groups is 1. The van der Waals surface area contributed by atoms with Crippen LogP contribution in [0.4, 0.5) is 0 Å². The summed E-state index contributed by atoms with van der Waals surface area (Å²) < 4.78 is 16.2. The summed E-state index contributed by atoms with van der Waals surface area (Å²) in [7, 11) is 1.43. The molecule has 6 heteroatoms. The zero-order valence-corrected chi connectivity index (χ0v) is 15.3. The number of hydrogen-bond donors (Lipinski definition) is 1. The van der Waals surface area contributed by atoms with Gasteiger partial charge in [-0.2, -0.15) is 0 Å². The first kappa shape index (κ1) is 18.6. The molecule has 3 aromatic rings. The number of methoxy groups -OCH3 is 1. The molecule has 0 saturated heterocycles. The van der Waals surface area contributed by atoms with Crippen LogP contribution < -0.4 is 9.47 Å². The molecule has 138 valence electrons. The number of rotatable bonds is 7. The van der Waals surface area contributed by atoms with Crippen molar-refractivity contribution in [3.8, 4) is 17.2 Å². The summed E-state index contributed by atoms with van der Waals surface area (Å²) in [6.45, 7) is 0.262. The predicted octanol–water partition coefficient (Wildman–Crippen LogP) is 5.12. The molecule has 0 aliphatic rings. The molecule has 27 heavy (non-hydrogen) atoms. The Labute approximate surface area is 161 Å². The molecule has 0 bridgehead atoms. The van der Waals surface area contributed by atoms with Gasteiger partial charge < -0.3 is 19.0 Å². The number of carbonyl (C=O) groups is 1. The standard InChI is InChI=1S/C21H17ClO5/c1-25-21-12-14(2-10-20(21)24)19(23)11-9-17-7-8-18(27-17)13-26-16-5-3-15(22)4-6-16/h2-12,24H,13H2,1H3/b11-9+. The van der Waals surface area contributed by atoms with Crippen molar-refractivity contribution >= 4 is 23.5 Å². The van der Waals surface area contributed by atoms with Crippen LogP contribution in [0.3, 0.4) is 0 Å². The van der Waals surface area contributed by atoms with E-state index in [0.717, 1.165) is 0 Å². The summed E-state index contributed by atoms with van der Waals surface area (Å²) in [5.74, 6) is 1.84. The van der Waals surface area contributed by atoms with Gasteiger partial charge >= 0.3 is 0 Å². The fraction of sp³-hybridized carbons (Fsp3) is 0.0952. The zero-order valence-electron chi connectivity index (χ0n) is 14.5. The number of halogens is 1. The maximum atomic E-state index is 12.2. The lowest BCUT2D eigenvalue weighted by molar-refractivity contribution is 0.104. The van der Waals surface area contributed by atoms with Gasteiger partial charge in [0.2, 0.25) is 0 Å². The molecule has 0 unspecified atom stereocenters. The Bertz CT molecular complexity index is 957. The minimum absolute atomic E-state index is 0.0191. The van der Waals surface area contributed by atoms with Crippen LogP contribution in [0.1, 0.15) is 21.9 Å². The van der Waals surface area contributed by atoms with Gasteiger partial charge in [-0.3, -0.25) is 4.79 Å². The molecule has 0 spiro atoms. The van der Waals surface area contributed by atoms with Crippen LogP contribution in [0.2, 0.25) is 5.02 Å². The fourth-order valence-electron chi connectivity index (χ4n) is 2.33. The lowest BCUT2D eigenvalue weighted by Gasteiger charge is -2.04. The number of ketones is 1. The third kappa shape index (κ3) is 4.92. The summed E-state index contributed by atoms with van der Waals surface area (Å²) in [5.41, 5.74) is 0.402. The van der Waals surface area contributed by atoms with Gasteiger partial charge in [0.15, 0.2) is 17.3 Å². The van der Waals surface area contributed by atoms with Crippen molar-refractivity contribution in [1.82, 2.24) is 0 Å². The number of ether oxygens (including phenoxy) is 2. The Morgan fingerprint density at radius 3 is 2.67 bits per heavy atom. The molecule has 1 aromatic heterocycles. The van der Waals surface area contributed by atoms with Crippen LogP contribution in [0.5, 0.6) is 17.2 Å². The molecular weight excluding hydrogens is 368 g/mol. The van der Waals surface area contributed by atoms with E-state index in [1.165, 1.54) is 31.4 Å². The van der Waals surface area contributed by atoms with Gasteiger partial charge in [0.05, 0.1) is 7.11 Å². The van der Waals surface area contributed by atoms with Crippen molar-refractivity contribution in [2.45, 2.75) is 6.61 Å². The average molecular weight is 385 g/mol. The first-order chi connectivity index (χ1) is 13.0. The molecule has 3 rings (SSSR count). The predicted molar refractivity (Wildman–Crippen MR) is 103 cm³/mol. The third-order valence-corrected chi connectivity index (χ3v) is 3.99. The van der Waals surface area contributed by atoms with Gasteiger partial charge in [-0.05, 0) is 66.7 Å². The van der Waals surface area contributed by atoms with Crippen LogP contribution in [-0.4, -0.2) is 18.0 Å². The smallest absolute Gasteiger partial charge is 0.186 e. The number of carbonyl (C=O) groups excluding carboxylic acids is 1. The minimum Gasteiger partial charge on any atom is -0.504 e. The summed E-state index contributed by atoms with van der Waals surface area (Å²) in [4.78, 5) is 12.2. The second-order valence-corrected chi connectivity index (χ2v) is 6.07. The average Bonchev–Trinajstić information content (AvgIpc) is 3.14. The number of benzene rings is 2. The van der Waals surface area contributed by atoms with Gasteiger partial charge in [0, 0.05) is 10.6 Å². The molecule has 1 N–H and O–H groups in total. The lowest BCUT2D eigenvalue weighted by atomic mass is 10.1. The van der Waals surface area contributed by atoms with Crippen LogP contribution >= 0.6 is 11.6 Å². The SMILES string of the molecule is COc1cc(C(=O)/C=C/c2ccc(COc3ccc(Cl)cc3)o2)ccc1O. The van der Waals surface area contributed by atoms with Gasteiger partial charge in [-0.25, -0.2) is 0 Å². The Kier molecular flexibility index (Phi) is 5.84. The zero-order chi connectivity index (χ0) is 19.2. The van der Waals surface area contributed by atoms with E-state index in [-0.39, 0.29) is 23.9 Å². The van der Waals surface area contributed by atoms with Crippen molar-refractivity contribution in [1.29, 1.82) is 0 Å². The summed E-state index contributed by atoms with van der Waals surface area (Å²) in [6, 6.07) is 15.0. The van der Waals surface area contributed by atoms with Crippen molar-refractivity contribution in [2.24, 2.45) is 0 Å². The Balaban J connectivity index is 1.61. The first-order valence-corrected chi connectivity index (χ1v) is 8.49. The van der Waals surface area contributed by atoms with E-state index in [0.29, 0.717) is 27.9 Å². The second kappa shape index (κ2) is 8.47. The van der Waals surface area contributed by atoms with Crippen molar-refractivity contribution in [3.63, 3.8) is 0 Å². The van der Waals surface area contributed by atoms with Crippen molar-refractivity contribution in [3.05, 3.63) is 82.8 Å². The third-order valence-electron chi connectivity index (χ3n) is 3.74. The van der Waals surface area contributed by atoms with Gasteiger partial charge in [-0.1, -0.05) is 11.6 Å². The van der Waals surface area contributed by atoms with Crippen LogP contribution in [0, 0.1) is 0 Å². The molecule has 5 nitrogen and oxygen atoms in total. The molecule has 0 atom stereocenters. The number of hydrogen-bond acceptors (Lipinski definition) is 5. The summed E-state index contributed by atoms with van der Waals surface area (Å²) in [6.07, 6.45) is 2.97. The molecule has 0 aliphatic carbocycles. The monoisotopic (exact) mass is 384 g/mol. The molecule has 0 amide bonds. The quantitative estimate of drug-likeness (QED) is 0.452. The van der Waals surface area contributed by atoms with Crippen molar-refractivity contribution < 1.29 is 23.8 Å². The number of furan rings is 1. The molecule has 0 fully saturated rings. The van der Waals surface area contributed by atoms with Crippen LogP contribution in [0.25, 0.3) is 6.08 Å². The van der Waals surface area contributed by atoms with Crippen molar-refractivity contribution in [2.75, 3.05) is 7.11 Å². The van der Waals surface area contributed by atoms with Crippen LogP contribution in [0.15, 0.2) is 65.1 Å². The molecule has 1 heterocycles. The topological polar surface area (TPSA) is 68.9 Å². The van der Waals surface area contributed by atoms with Gasteiger partial charge in [-0.15, -0.1) is 0 Å². The number of phenolic OH excluding ortho intramolecular Hbond substituents is 1. The van der Waals surface area contributed by atoms with E-state index in [4.69, 9.17) is 25.5 Å². The van der Waals surface area contributed by atoms with E-state index >= 15 is 0 Å². The highest BCUT2D eigenvalue weighted by Gasteiger charge is 2.08. The normalized spacial score (nSPS) is 10.9. The van der Waals surface area contributed by atoms with Gasteiger partial charge in [0.25, 0.3) is 0 Å². The van der Waals surface area contributed by atoms with Gasteiger partial charge in [0.1, 0.15) is 23.9 Å². The number of phenols is 1. The van der Waals surface area contributed by atoms with E-state index in [1.54, 1.807) is 42.5 Å². The molecule has 0 aliphatic heterocycles. The Hall–Kier alpha value is -3.18. The largest absolute Gasteiger partial charge is 0.504 e. The second-order valence-electron chi connectivity index (χ2n) is 5.63. The first-order valence-electron chi connectivity index (χ1n) is 8.11. The van der Waals surface area contributed by atoms with E-state index in [9.17, 15) is 9.90 Å². The Morgan fingerprint density at radius 2 is 1.93 bits per heavy atom. The molecule has 0 radical (unpaired) electrons. The summed E-state index contributed by atoms with van der Waals surface area (Å²) >= 11 is 5.83. The van der Waals surface area contributed by atoms with E-state index in [2.05, 4.69) is 0 Å². The highest BCUT2D eigenvalue weighted by atomic mass is 35.5. The molecule has 2 aromatic carbocycles. The maximum Gasteiger partial charge on any atom is 0.186 e.